The average molecular weight is 636 g/mol. The standard InChI is InChI=1S/C32H34FN5O6S/c1-3-4-14-40-16-17-41-15-13-35-44-24-8-5-22(6-9-24)29-20-26-31(45-29)28(11-12-34-26)42-27-10-7-23(19-25(27)33)36-32(39)37-30-18-21(2)43-38-30/h5-12,18-20,35H,3-4,13-17H2,1-2H3,(H2,36,37,38,39). The number of aryl methyl sites for hydroxylation is 1. The van der Waals surface area contributed by atoms with Crippen molar-refractivity contribution in [3.05, 3.63) is 78.4 Å². The van der Waals surface area contributed by atoms with Crippen molar-refractivity contribution in [1.29, 1.82) is 0 Å². The predicted molar refractivity (Wildman–Crippen MR) is 171 cm³/mol. The van der Waals surface area contributed by atoms with Crippen molar-refractivity contribution >= 4 is 39.1 Å². The Morgan fingerprint density at radius 3 is 2.53 bits per heavy atom. The normalized spacial score (nSPS) is 11.1. The number of halogens is 1. The molecule has 3 aromatic heterocycles. The fourth-order valence-corrected chi connectivity index (χ4v) is 5.20. The first-order chi connectivity index (χ1) is 22.0. The number of hydroxylamine groups is 1. The number of hydrogen-bond acceptors (Lipinski definition) is 10. The summed E-state index contributed by atoms with van der Waals surface area (Å²) < 4.78 is 37.6. The minimum Gasteiger partial charge on any atom is -0.453 e. The van der Waals surface area contributed by atoms with Crippen molar-refractivity contribution in [3.63, 3.8) is 0 Å². The van der Waals surface area contributed by atoms with Gasteiger partial charge in [-0.25, -0.2) is 9.18 Å². The van der Waals surface area contributed by atoms with Crippen molar-refractivity contribution in [2.45, 2.75) is 26.7 Å². The molecule has 0 spiro atoms. The van der Waals surface area contributed by atoms with Gasteiger partial charge < -0.3 is 28.9 Å². The number of fused-ring (bicyclic) bond motifs is 1. The van der Waals surface area contributed by atoms with Gasteiger partial charge in [-0.2, -0.15) is 5.48 Å². The SMILES string of the molecule is CCCCOCCOCCNOc1ccc(-c2cc3nccc(Oc4ccc(NC(=O)Nc5cc(C)on5)cc4F)c3s2)cc1. The minimum atomic E-state index is -0.640. The molecule has 0 aliphatic heterocycles. The first-order valence-electron chi connectivity index (χ1n) is 14.5. The number of nitrogens with zero attached hydrogens (tertiary/aromatic N) is 2. The molecule has 0 bridgehead atoms. The highest BCUT2D eigenvalue weighted by atomic mass is 32.1. The smallest absolute Gasteiger partial charge is 0.324 e. The second-order valence-electron chi connectivity index (χ2n) is 9.88. The van der Waals surface area contributed by atoms with Gasteiger partial charge in [0.15, 0.2) is 17.4 Å². The molecule has 0 aliphatic carbocycles. The van der Waals surface area contributed by atoms with E-state index in [4.69, 9.17) is 23.6 Å². The molecule has 0 saturated heterocycles. The van der Waals surface area contributed by atoms with Gasteiger partial charge in [0.1, 0.15) is 17.3 Å². The van der Waals surface area contributed by atoms with Crippen LogP contribution in [-0.2, 0) is 9.47 Å². The molecule has 0 radical (unpaired) electrons. The number of unbranched alkanes of at least 4 members (excludes halogenated alkanes) is 1. The summed E-state index contributed by atoms with van der Waals surface area (Å²) in [7, 11) is 0. The van der Waals surface area contributed by atoms with Gasteiger partial charge in [0, 0.05) is 41.6 Å². The van der Waals surface area contributed by atoms with Crippen LogP contribution in [-0.4, -0.2) is 49.1 Å². The number of urea groups is 1. The Morgan fingerprint density at radius 1 is 0.956 bits per heavy atom. The van der Waals surface area contributed by atoms with Gasteiger partial charge in [-0.15, -0.1) is 11.3 Å². The molecular weight excluding hydrogens is 601 g/mol. The van der Waals surface area contributed by atoms with Crippen LogP contribution in [0.4, 0.5) is 20.7 Å². The van der Waals surface area contributed by atoms with Crippen LogP contribution in [0.5, 0.6) is 17.2 Å². The van der Waals surface area contributed by atoms with E-state index in [0.717, 1.165) is 40.1 Å². The molecule has 5 rings (SSSR count). The molecular formula is C32H34FN5O6S. The number of thiophene rings is 1. The molecule has 0 unspecified atom stereocenters. The molecule has 0 fully saturated rings. The first-order valence-corrected chi connectivity index (χ1v) is 15.3. The number of rotatable bonds is 16. The van der Waals surface area contributed by atoms with E-state index in [-0.39, 0.29) is 17.3 Å². The lowest BCUT2D eigenvalue weighted by Gasteiger charge is -2.10. The Hall–Kier alpha value is -4.56. The van der Waals surface area contributed by atoms with Gasteiger partial charge in [0.05, 0.1) is 36.6 Å². The third kappa shape index (κ3) is 9.22. The molecule has 0 aliphatic rings. The summed E-state index contributed by atoms with van der Waals surface area (Å²) >= 11 is 1.49. The average Bonchev–Trinajstić information content (AvgIpc) is 3.66. The minimum absolute atomic E-state index is 0.00948. The largest absolute Gasteiger partial charge is 0.453 e. The Morgan fingerprint density at radius 2 is 1.78 bits per heavy atom. The van der Waals surface area contributed by atoms with Crippen LogP contribution < -0.4 is 25.7 Å². The van der Waals surface area contributed by atoms with E-state index in [1.165, 1.54) is 23.5 Å². The van der Waals surface area contributed by atoms with Gasteiger partial charge in [-0.3, -0.25) is 10.3 Å². The lowest BCUT2D eigenvalue weighted by molar-refractivity contribution is 0.0393. The van der Waals surface area contributed by atoms with E-state index in [1.807, 2.05) is 30.3 Å². The number of anilines is 2. The second kappa shape index (κ2) is 16.0. The lowest BCUT2D eigenvalue weighted by Crippen LogP contribution is -2.24. The van der Waals surface area contributed by atoms with Crippen molar-refractivity contribution in [1.82, 2.24) is 15.6 Å². The zero-order valence-corrected chi connectivity index (χ0v) is 25.7. The summed E-state index contributed by atoms with van der Waals surface area (Å²) in [5.74, 6) is 1.31. The van der Waals surface area contributed by atoms with Crippen LogP contribution in [0.15, 0.2) is 71.4 Å². The number of carbonyl (C=O) groups is 1. The van der Waals surface area contributed by atoms with Crippen LogP contribution in [0.25, 0.3) is 20.7 Å². The monoisotopic (exact) mass is 635 g/mol. The van der Waals surface area contributed by atoms with E-state index in [2.05, 4.69) is 33.2 Å². The van der Waals surface area contributed by atoms with Crippen molar-refractivity contribution in [3.8, 4) is 27.7 Å². The van der Waals surface area contributed by atoms with Gasteiger partial charge >= 0.3 is 6.03 Å². The van der Waals surface area contributed by atoms with Gasteiger partial charge in [0.2, 0.25) is 0 Å². The number of benzene rings is 2. The Labute approximate surface area is 263 Å². The topological polar surface area (TPSA) is 129 Å². The Kier molecular flexibility index (Phi) is 11.3. The summed E-state index contributed by atoms with van der Waals surface area (Å²) in [4.78, 5) is 23.2. The third-order valence-electron chi connectivity index (χ3n) is 6.35. The quantitative estimate of drug-likeness (QED) is 0.0743. The van der Waals surface area contributed by atoms with Crippen molar-refractivity contribution in [2.75, 3.05) is 43.6 Å². The molecule has 13 heteroatoms. The van der Waals surface area contributed by atoms with E-state index in [9.17, 15) is 9.18 Å². The zero-order valence-electron chi connectivity index (χ0n) is 24.9. The summed E-state index contributed by atoms with van der Waals surface area (Å²) in [6, 6.07) is 16.5. The molecule has 3 heterocycles. The molecule has 236 valence electrons. The van der Waals surface area contributed by atoms with Crippen LogP contribution in [0, 0.1) is 12.7 Å². The fourth-order valence-electron chi connectivity index (χ4n) is 4.13. The number of amides is 2. The molecule has 3 N–H and O–H groups in total. The van der Waals surface area contributed by atoms with Gasteiger partial charge in [-0.1, -0.05) is 18.5 Å². The number of nitrogens with one attached hydrogen (secondary N) is 3. The molecule has 2 aromatic carbocycles. The number of hydrogen-bond donors (Lipinski definition) is 3. The predicted octanol–water partition coefficient (Wildman–Crippen LogP) is 7.55. The van der Waals surface area contributed by atoms with Gasteiger partial charge in [0.25, 0.3) is 0 Å². The van der Waals surface area contributed by atoms with E-state index >= 15 is 0 Å². The van der Waals surface area contributed by atoms with Crippen molar-refractivity contribution in [2.24, 2.45) is 0 Å². The number of ether oxygens (including phenoxy) is 3. The Balaban J connectivity index is 1.14. The van der Waals surface area contributed by atoms with Gasteiger partial charge in [-0.05, 0) is 61.4 Å². The molecule has 45 heavy (non-hydrogen) atoms. The summed E-state index contributed by atoms with van der Waals surface area (Å²) in [6.45, 7) is 6.82. The molecule has 0 saturated carbocycles. The van der Waals surface area contributed by atoms with E-state index < -0.39 is 11.8 Å². The van der Waals surface area contributed by atoms with E-state index in [0.29, 0.717) is 43.6 Å². The van der Waals surface area contributed by atoms with Crippen LogP contribution >= 0.6 is 11.3 Å². The molecule has 11 nitrogen and oxygen atoms in total. The van der Waals surface area contributed by atoms with Crippen LogP contribution in [0.3, 0.4) is 0 Å². The summed E-state index contributed by atoms with van der Waals surface area (Å²) in [5, 5.41) is 8.77. The molecule has 0 atom stereocenters. The third-order valence-corrected chi connectivity index (χ3v) is 7.53. The number of aromatic nitrogens is 2. The maximum atomic E-state index is 15.0. The second-order valence-corrected chi connectivity index (χ2v) is 10.9. The maximum Gasteiger partial charge on any atom is 0.324 e. The highest BCUT2D eigenvalue weighted by Crippen LogP contribution is 2.40. The number of pyridine rings is 1. The first kappa shape index (κ1) is 31.9. The summed E-state index contributed by atoms with van der Waals surface area (Å²) in [5.41, 5.74) is 4.85. The molecule has 2 amide bonds. The number of carbonyl (C=O) groups excluding carboxylic acids is 1. The Bertz CT molecular complexity index is 1690. The van der Waals surface area contributed by atoms with Crippen LogP contribution in [0.2, 0.25) is 0 Å². The fraction of sp³-hybridized carbons (Fsp3) is 0.281. The summed E-state index contributed by atoms with van der Waals surface area (Å²) in [6.07, 6.45) is 3.80. The highest BCUT2D eigenvalue weighted by Gasteiger charge is 2.14. The zero-order chi connectivity index (χ0) is 31.4. The highest BCUT2D eigenvalue weighted by molar-refractivity contribution is 7.22. The van der Waals surface area contributed by atoms with Crippen molar-refractivity contribution < 1.29 is 32.8 Å². The maximum absolute atomic E-state index is 15.0. The lowest BCUT2D eigenvalue weighted by atomic mass is 10.2. The van der Waals surface area contributed by atoms with E-state index in [1.54, 1.807) is 31.3 Å². The molecule has 5 aromatic rings. The van der Waals surface area contributed by atoms with Crippen LogP contribution in [0.1, 0.15) is 25.5 Å².